The molecule has 9 heteroatoms. The molecule has 0 aliphatic carbocycles. The zero-order valence-electron chi connectivity index (χ0n) is 12.3. The van der Waals surface area contributed by atoms with Gasteiger partial charge in [0.1, 0.15) is 12.4 Å². The summed E-state index contributed by atoms with van der Waals surface area (Å²) in [5.41, 5.74) is -0.851. The van der Waals surface area contributed by atoms with Gasteiger partial charge in [0.2, 0.25) is 5.91 Å². The summed E-state index contributed by atoms with van der Waals surface area (Å²) in [7, 11) is 0. The van der Waals surface area contributed by atoms with Crippen molar-refractivity contribution in [2.24, 2.45) is 5.92 Å². The van der Waals surface area contributed by atoms with E-state index in [1.807, 2.05) is 0 Å². The molecule has 1 amide bonds. The van der Waals surface area contributed by atoms with Crippen molar-refractivity contribution < 1.29 is 18.0 Å². The Morgan fingerprint density at radius 3 is 2.96 bits per heavy atom. The molecule has 2 aromatic rings. The molecule has 1 N–H and O–H groups in total. The third-order valence-electron chi connectivity index (χ3n) is 3.83. The molecule has 6 nitrogen and oxygen atoms in total. The lowest BCUT2D eigenvalue weighted by atomic mass is 9.99. The van der Waals surface area contributed by atoms with E-state index in [0.29, 0.717) is 31.8 Å². The van der Waals surface area contributed by atoms with Gasteiger partial charge in [-0.05, 0) is 18.4 Å². The topological polar surface area (TPSA) is 64.7 Å². The number of amides is 1. The molecule has 2 aromatic heterocycles. The highest BCUT2D eigenvalue weighted by Gasteiger charge is 2.35. The number of nitrogens with one attached hydrogen (secondary N) is 1. The van der Waals surface area contributed by atoms with Gasteiger partial charge in [-0.3, -0.25) is 9.48 Å². The minimum atomic E-state index is -4.42. The van der Waals surface area contributed by atoms with Gasteiger partial charge in [0.05, 0.1) is 0 Å². The lowest BCUT2D eigenvalue weighted by molar-refractivity contribution is -0.141. The Bertz CT molecular complexity index is 677. The summed E-state index contributed by atoms with van der Waals surface area (Å²) in [5, 5.41) is 6.75. The fraction of sp³-hybridized carbons (Fsp3) is 0.500. The van der Waals surface area contributed by atoms with Gasteiger partial charge < -0.3 is 9.88 Å². The number of halogens is 3. The normalized spacial score (nSPS) is 17.8. The van der Waals surface area contributed by atoms with Crippen LogP contribution >= 0.6 is 0 Å². The largest absolute Gasteiger partial charge is 0.434 e. The van der Waals surface area contributed by atoms with E-state index in [9.17, 15) is 18.0 Å². The number of hydrogen-bond acceptors (Lipinski definition) is 3. The maximum absolute atomic E-state index is 12.7. The number of carbonyl (C=O) groups excluding carboxylic acids is 1. The van der Waals surface area contributed by atoms with Crippen molar-refractivity contribution in [1.82, 2.24) is 24.6 Å². The first kappa shape index (κ1) is 15.6. The molecule has 23 heavy (non-hydrogen) atoms. The molecule has 0 saturated carbocycles. The van der Waals surface area contributed by atoms with E-state index in [2.05, 4.69) is 15.4 Å². The second-order valence-corrected chi connectivity index (χ2v) is 5.60. The minimum Gasteiger partial charge on any atom is -0.354 e. The fourth-order valence-electron chi connectivity index (χ4n) is 2.67. The van der Waals surface area contributed by atoms with Crippen molar-refractivity contribution in [3.63, 3.8) is 0 Å². The van der Waals surface area contributed by atoms with Crippen LogP contribution in [0.2, 0.25) is 0 Å². The van der Waals surface area contributed by atoms with Gasteiger partial charge >= 0.3 is 6.18 Å². The number of aryl methyl sites for hydroxylation is 1. The van der Waals surface area contributed by atoms with Crippen LogP contribution in [-0.4, -0.2) is 31.8 Å². The van der Waals surface area contributed by atoms with Gasteiger partial charge in [-0.15, -0.1) is 0 Å². The number of imidazole rings is 1. The predicted octanol–water partition coefficient (Wildman–Crippen LogP) is 1.48. The number of fused-ring (bicyclic) bond motifs is 1. The number of nitrogens with zero attached hydrogens (tertiary/aromatic N) is 4. The van der Waals surface area contributed by atoms with E-state index < -0.39 is 11.9 Å². The monoisotopic (exact) mass is 327 g/mol. The molecule has 124 valence electrons. The molecule has 3 rings (SSSR count). The van der Waals surface area contributed by atoms with Crippen LogP contribution in [0.25, 0.3) is 0 Å². The van der Waals surface area contributed by atoms with Gasteiger partial charge in [0.15, 0.2) is 5.69 Å². The summed E-state index contributed by atoms with van der Waals surface area (Å²) >= 11 is 0. The maximum Gasteiger partial charge on any atom is 0.434 e. The second kappa shape index (κ2) is 6.05. The summed E-state index contributed by atoms with van der Waals surface area (Å²) in [6.45, 7) is 0.994. The Morgan fingerprint density at radius 2 is 2.26 bits per heavy atom. The highest BCUT2D eigenvalue weighted by atomic mass is 19.4. The lowest BCUT2D eigenvalue weighted by Gasteiger charge is -2.23. The minimum absolute atomic E-state index is 0.0966. The molecule has 3 heterocycles. The summed E-state index contributed by atoms with van der Waals surface area (Å²) in [4.78, 5) is 15.4. The van der Waals surface area contributed by atoms with E-state index >= 15 is 0 Å². The summed E-state index contributed by atoms with van der Waals surface area (Å²) in [5.74, 6) is 0.386. The van der Waals surface area contributed by atoms with Crippen LogP contribution in [0.1, 0.15) is 17.9 Å². The van der Waals surface area contributed by atoms with Crippen LogP contribution in [0.4, 0.5) is 13.2 Å². The van der Waals surface area contributed by atoms with E-state index in [-0.39, 0.29) is 18.4 Å². The van der Waals surface area contributed by atoms with E-state index in [1.54, 1.807) is 18.5 Å². The molecule has 0 saturated heterocycles. The maximum atomic E-state index is 12.7. The van der Waals surface area contributed by atoms with Gasteiger partial charge in [-0.1, -0.05) is 0 Å². The Hall–Kier alpha value is -2.32. The van der Waals surface area contributed by atoms with Crippen molar-refractivity contribution in [2.45, 2.75) is 32.1 Å². The van der Waals surface area contributed by atoms with Crippen LogP contribution < -0.4 is 5.32 Å². The van der Waals surface area contributed by atoms with Gasteiger partial charge in [-0.25, -0.2) is 4.98 Å². The zero-order valence-corrected chi connectivity index (χ0v) is 12.3. The standard InChI is InChI=1S/C14H16F3N5O/c15-14(16,17)11-8-21-7-10(2-3-12(21)20-11)6-18-13(23)9-22-5-1-4-19-22/h1,4-5,8,10H,2-3,6-7,9H2,(H,18,23)/t10-/m1/s1. The van der Waals surface area contributed by atoms with E-state index in [4.69, 9.17) is 0 Å². The number of carbonyl (C=O) groups is 1. The van der Waals surface area contributed by atoms with Crippen LogP contribution in [0.5, 0.6) is 0 Å². The third kappa shape index (κ3) is 3.72. The third-order valence-corrected chi connectivity index (χ3v) is 3.83. The summed E-state index contributed by atoms with van der Waals surface area (Å²) in [6, 6.07) is 1.73. The van der Waals surface area contributed by atoms with E-state index in [0.717, 1.165) is 6.20 Å². The molecular formula is C14H16F3N5O. The number of hydrogen-bond donors (Lipinski definition) is 1. The van der Waals surface area contributed by atoms with Gasteiger partial charge in [0, 0.05) is 38.1 Å². The first-order valence-electron chi connectivity index (χ1n) is 7.29. The fourth-order valence-corrected chi connectivity index (χ4v) is 2.67. The van der Waals surface area contributed by atoms with Crippen molar-refractivity contribution in [2.75, 3.05) is 6.54 Å². The Morgan fingerprint density at radius 1 is 1.43 bits per heavy atom. The molecule has 1 aliphatic rings. The molecule has 1 aliphatic heterocycles. The quantitative estimate of drug-likeness (QED) is 0.925. The average Bonchev–Trinajstić information content (AvgIpc) is 3.12. The number of rotatable bonds is 4. The summed E-state index contributed by atoms with van der Waals surface area (Å²) < 4.78 is 41.0. The van der Waals surface area contributed by atoms with Gasteiger partial charge in [-0.2, -0.15) is 18.3 Å². The highest BCUT2D eigenvalue weighted by Crippen LogP contribution is 2.30. The number of aromatic nitrogens is 4. The van der Waals surface area contributed by atoms with Crippen LogP contribution in [0.15, 0.2) is 24.7 Å². The average molecular weight is 327 g/mol. The van der Waals surface area contributed by atoms with Crippen molar-refractivity contribution in [1.29, 1.82) is 0 Å². The first-order valence-corrected chi connectivity index (χ1v) is 7.29. The van der Waals surface area contributed by atoms with E-state index in [1.165, 1.54) is 9.25 Å². The molecule has 0 radical (unpaired) electrons. The predicted molar refractivity (Wildman–Crippen MR) is 74.3 cm³/mol. The molecule has 0 spiro atoms. The zero-order chi connectivity index (χ0) is 16.4. The second-order valence-electron chi connectivity index (χ2n) is 5.60. The van der Waals surface area contributed by atoms with Crippen molar-refractivity contribution in [3.8, 4) is 0 Å². The Balaban J connectivity index is 1.53. The molecule has 0 bridgehead atoms. The highest BCUT2D eigenvalue weighted by molar-refractivity contribution is 5.75. The molecule has 0 unspecified atom stereocenters. The molecule has 1 atom stereocenters. The van der Waals surface area contributed by atoms with Crippen LogP contribution in [-0.2, 0) is 30.5 Å². The molecule has 0 aromatic carbocycles. The number of alkyl halides is 3. The Kier molecular flexibility index (Phi) is 4.10. The first-order chi connectivity index (χ1) is 10.9. The lowest BCUT2D eigenvalue weighted by Crippen LogP contribution is -2.35. The molecule has 0 fully saturated rings. The Labute approximate surface area is 130 Å². The van der Waals surface area contributed by atoms with Crippen LogP contribution in [0, 0.1) is 5.92 Å². The summed E-state index contributed by atoms with van der Waals surface area (Å²) in [6.07, 6.45) is 1.10. The van der Waals surface area contributed by atoms with Crippen LogP contribution in [0.3, 0.4) is 0 Å². The van der Waals surface area contributed by atoms with Crippen molar-refractivity contribution >= 4 is 5.91 Å². The van der Waals surface area contributed by atoms with Crippen molar-refractivity contribution in [3.05, 3.63) is 36.2 Å². The smallest absolute Gasteiger partial charge is 0.354 e. The van der Waals surface area contributed by atoms with Gasteiger partial charge in [0.25, 0.3) is 0 Å². The SMILES string of the molecule is O=C(Cn1cccn1)NC[C@H]1CCc2nc(C(F)(F)F)cn2C1. The molecular weight excluding hydrogens is 311 g/mol.